The molecule has 1 aromatic rings. The SMILES string of the molecule is COC(=O)CC[C@H](C)Cc1ccc(O)cc1. The van der Waals surface area contributed by atoms with Gasteiger partial charge in [0.25, 0.3) is 0 Å². The van der Waals surface area contributed by atoms with Crippen molar-refractivity contribution in [3.63, 3.8) is 0 Å². The van der Waals surface area contributed by atoms with Gasteiger partial charge in [-0.2, -0.15) is 0 Å². The average molecular weight is 222 g/mol. The molecule has 0 saturated heterocycles. The highest BCUT2D eigenvalue weighted by Crippen LogP contribution is 2.16. The number of phenols is 1. The minimum Gasteiger partial charge on any atom is -0.508 e. The quantitative estimate of drug-likeness (QED) is 0.779. The predicted octanol–water partition coefficient (Wildman–Crippen LogP) is 2.52. The lowest BCUT2D eigenvalue weighted by atomic mass is 9.97. The van der Waals surface area contributed by atoms with Crippen molar-refractivity contribution in [2.24, 2.45) is 5.92 Å². The number of aromatic hydroxyl groups is 1. The van der Waals surface area contributed by atoms with E-state index in [4.69, 9.17) is 5.11 Å². The fourth-order valence-corrected chi connectivity index (χ4v) is 1.60. The molecular weight excluding hydrogens is 204 g/mol. The summed E-state index contributed by atoms with van der Waals surface area (Å²) in [4.78, 5) is 11.0. The van der Waals surface area contributed by atoms with Gasteiger partial charge in [0.05, 0.1) is 7.11 Å². The Kier molecular flexibility index (Phi) is 4.83. The minimum atomic E-state index is -0.155. The third-order valence-corrected chi connectivity index (χ3v) is 2.59. The number of ether oxygens (including phenoxy) is 1. The van der Waals surface area contributed by atoms with E-state index in [1.807, 2.05) is 12.1 Å². The van der Waals surface area contributed by atoms with Crippen LogP contribution < -0.4 is 0 Å². The molecule has 3 nitrogen and oxygen atoms in total. The molecule has 0 aliphatic rings. The molecular formula is C13H18O3. The Labute approximate surface area is 96.1 Å². The average Bonchev–Trinajstić information content (AvgIpc) is 2.29. The van der Waals surface area contributed by atoms with Gasteiger partial charge in [-0.15, -0.1) is 0 Å². The number of phenolic OH excluding ortho intramolecular Hbond substituents is 1. The summed E-state index contributed by atoms with van der Waals surface area (Å²) in [5.41, 5.74) is 1.18. The van der Waals surface area contributed by atoms with Gasteiger partial charge in [-0.05, 0) is 36.5 Å². The first-order valence-corrected chi connectivity index (χ1v) is 5.46. The summed E-state index contributed by atoms with van der Waals surface area (Å²) >= 11 is 0. The van der Waals surface area contributed by atoms with E-state index in [0.29, 0.717) is 12.3 Å². The van der Waals surface area contributed by atoms with Crippen LogP contribution >= 0.6 is 0 Å². The van der Waals surface area contributed by atoms with Crippen LogP contribution in [-0.4, -0.2) is 18.2 Å². The molecule has 0 aliphatic heterocycles. The Hall–Kier alpha value is -1.51. The Bertz CT molecular complexity index is 330. The topological polar surface area (TPSA) is 46.5 Å². The zero-order valence-corrected chi connectivity index (χ0v) is 9.77. The van der Waals surface area contributed by atoms with Gasteiger partial charge in [-0.25, -0.2) is 0 Å². The van der Waals surface area contributed by atoms with Crippen molar-refractivity contribution in [2.45, 2.75) is 26.2 Å². The van der Waals surface area contributed by atoms with Gasteiger partial charge >= 0.3 is 5.97 Å². The largest absolute Gasteiger partial charge is 0.508 e. The number of methoxy groups -OCH3 is 1. The molecule has 0 saturated carbocycles. The molecule has 88 valence electrons. The lowest BCUT2D eigenvalue weighted by Crippen LogP contribution is -2.06. The van der Waals surface area contributed by atoms with E-state index in [1.165, 1.54) is 12.7 Å². The summed E-state index contributed by atoms with van der Waals surface area (Å²) in [5.74, 6) is 0.562. The van der Waals surface area contributed by atoms with Gasteiger partial charge in [-0.3, -0.25) is 4.79 Å². The summed E-state index contributed by atoms with van der Waals surface area (Å²) in [6, 6.07) is 7.18. The third kappa shape index (κ3) is 4.34. The van der Waals surface area contributed by atoms with Crippen LogP contribution in [0.1, 0.15) is 25.3 Å². The molecule has 0 aromatic heterocycles. The van der Waals surface area contributed by atoms with Crippen molar-refractivity contribution in [3.05, 3.63) is 29.8 Å². The van der Waals surface area contributed by atoms with Gasteiger partial charge in [0.2, 0.25) is 0 Å². The van der Waals surface area contributed by atoms with Crippen LogP contribution in [0.5, 0.6) is 5.75 Å². The normalized spacial score (nSPS) is 12.1. The summed E-state index contributed by atoms with van der Waals surface area (Å²) in [6.07, 6.45) is 2.21. The van der Waals surface area contributed by atoms with Crippen LogP contribution in [0.25, 0.3) is 0 Å². The Morgan fingerprint density at radius 2 is 2.00 bits per heavy atom. The molecule has 0 fully saturated rings. The fourth-order valence-electron chi connectivity index (χ4n) is 1.60. The molecule has 0 bridgehead atoms. The number of benzene rings is 1. The van der Waals surface area contributed by atoms with Gasteiger partial charge < -0.3 is 9.84 Å². The second kappa shape index (κ2) is 6.16. The van der Waals surface area contributed by atoms with Crippen molar-refractivity contribution >= 4 is 5.97 Å². The maximum absolute atomic E-state index is 11.0. The van der Waals surface area contributed by atoms with Crippen molar-refractivity contribution in [1.29, 1.82) is 0 Å². The number of carbonyl (C=O) groups excluding carboxylic acids is 1. The molecule has 1 atom stereocenters. The highest BCUT2D eigenvalue weighted by atomic mass is 16.5. The van der Waals surface area contributed by atoms with E-state index in [1.54, 1.807) is 12.1 Å². The molecule has 0 aliphatic carbocycles. The van der Waals surface area contributed by atoms with Gasteiger partial charge in [0.15, 0.2) is 0 Å². The monoisotopic (exact) mass is 222 g/mol. The van der Waals surface area contributed by atoms with Crippen molar-refractivity contribution in [2.75, 3.05) is 7.11 Å². The molecule has 1 rings (SSSR count). The van der Waals surface area contributed by atoms with E-state index >= 15 is 0 Å². The zero-order valence-electron chi connectivity index (χ0n) is 9.77. The second-order valence-corrected chi connectivity index (χ2v) is 4.09. The Morgan fingerprint density at radius 1 is 1.38 bits per heavy atom. The highest BCUT2D eigenvalue weighted by Gasteiger charge is 2.07. The third-order valence-electron chi connectivity index (χ3n) is 2.59. The van der Waals surface area contributed by atoms with E-state index in [-0.39, 0.29) is 11.7 Å². The molecule has 0 unspecified atom stereocenters. The highest BCUT2D eigenvalue weighted by molar-refractivity contribution is 5.69. The number of esters is 1. The van der Waals surface area contributed by atoms with E-state index in [9.17, 15) is 4.79 Å². The van der Waals surface area contributed by atoms with E-state index in [0.717, 1.165) is 12.8 Å². The van der Waals surface area contributed by atoms with Gasteiger partial charge in [0.1, 0.15) is 5.75 Å². The number of hydrogen-bond acceptors (Lipinski definition) is 3. The number of carbonyl (C=O) groups is 1. The molecule has 3 heteroatoms. The van der Waals surface area contributed by atoms with E-state index < -0.39 is 0 Å². The van der Waals surface area contributed by atoms with Crippen LogP contribution in [0, 0.1) is 5.92 Å². The van der Waals surface area contributed by atoms with Crippen molar-refractivity contribution in [3.8, 4) is 5.75 Å². The molecule has 16 heavy (non-hydrogen) atoms. The van der Waals surface area contributed by atoms with Crippen LogP contribution in [-0.2, 0) is 16.0 Å². The zero-order chi connectivity index (χ0) is 12.0. The molecule has 0 spiro atoms. The first-order valence-electron chi connectivity index (χ1n) is 5.46. The molecule has 0 heterocycles. The fraction of sp³-hybridized carbons (Fsp3) is 0.462. The number of hydrogen-bond donors (Lipinski definition) is 1. The first kappa shape index (κ1) is 12.6. The Morgan fingerprint density at radius 3 is 2.56 bits per heavy atom. The van der Waals surface area contributed by atoms with Gasteiger partial charge in [0, 0.05) is 6.42 Å². The van der Waals surface area contributed by atoms with Crippen LogP contribution in [0.4, 0.5) is 0 Å². The molecule has 0 amide bonds. The first-order chi connectivity index (χ1) is 7.61. The Balaban J connectivity index is 2.36. The van der Waals surface area contributed by atoms with Gasteiger partial charge in [-0.1, -0.05) is 19.1 Å². The van der Waals surface area contributed by atoms with Crippen LogP contribution in [0.3, 0.4) is 0 Å². The van der Waals surface area contributed by atoms with Crippen molar-refractivity contribution in [1.82, 2.24) is 0 Å². The molecule has 1 N–H and O–H groups in total. The van der Waals surface area contributed by atoms with Crippen LogP contribution in [0.15, 0.2) is 24.3 Å². The molecule has 1 aromatic carbocycles. The minimum absolute atomic E-state index is 0.155. The number of rotatable bonds is 5. The maximum Gasteiger partial charge on any atom is 0.305 e. The standard InChI is InChI=1S/C13H18O3/c1-10(3-8-13(15)16-2)9-11-4-6-12(14)7-5-11/h4-7,10,14H,3,8-9H2,1-2H3/t10-/m0/s1. The summed E-state index contributed by atoms with van der Waals surface area (Å²) in [7, 11) is 1.41. The summed E-state index contributed by atoms with van der Waals surface area (Å²) in [6.45, 7) is 2.11. The lowest BCUT2D eigenvalue weighted by Gasteiger charge is -2.10. The second-order valence-electron chi connectivity index (χ2n) is 4.09. The summed E-state index contributed by atoms with van der Waals surface area (Å²) in [5, 5.41) is 9.14. The lowest BCUT2D eigenvalue weighted by molar-refractivity contribution is -0.140. The van der Waals surface area contributed by atoms with Crippen LogP contribution in [0.2, 0.25) is 0 Å². The smallest absolute Gasteiger partial charge is 0.305 e. The summed E-state index contributed by atoms with van der Waals surface area (Å²) < 4.78 is 4.59. The molecule has 0 radical (unpaired) electrons. The van der Waals surface area contributed by atoms with Crippen molar-refractivity contribution < 1.29 is 14.6 Å². The maximum atomic E-state index is 11.0. The van der Waals surface area contributed by atoms with E-state index in [2.05, 4.69) is 11.7 Å². The predicted molar refractivity (Wildman–Crippen MR) is 62.2 cm³/mol.